The zero-order valence-electron chi connectivity index (χ0n) is 9.42. The van der Waals surface area contributed by atoms with E-state index < -0.39 is 9.84 Å². The van der Waals surface area contributed by atoms with Crippen molar-refractivity contribution in [1.82, 2.24) is 10.1 Å². The van der Waals surface area contributed by atoms with Crippen molar-refractivity contribution in [2.45, 2.75) is 5.75 Å². The molecule has 0 spiro atoms. The van der Waals surface area contributed by atoms with Crippen molar-refractivity contribution < 1.29 is 12.9 Å². The number of rotatable bonds is 3. The van der Waals surface area contributed by atoms with Gasteiger partial charge in [-0.1, -0.05) is 5.16 Å². The van der Waals surface area contributed by atoms with Gasteiger partial charge >= 0.3 is 0 Å². The molecule has 0 amide bonds. The van der Waals surface area contributed by atoms with Gasteiger partial charge in [-0.2, -0.15) is 4.98 Å². The normalized spacial score (nSPS) is 11.7. The number of halogens is 1. The molecule has 0 aliphatic rings. The minimum Gasteiger partial charge on any atom is -0.398 e. The van der Waals surface area contributed by atoms with Gasteiger partial charge in [-0.05, 0) is 40.8 Å². The van der Waals surface area contributed by atoms with Gasteiger partial charge in [0.1, 0.15) is 5.75 Å². The predicted molar refractivity (Wildman–Crippen MR) is 75.4 cm³/mol. The Morgan fingerprint density at radius 1 is 1.44 bits per heavy atom. The number of anilines is 1. The topological polar surface area (TPSA) is 99.1 Å². The van der Waals surface area contributed by atoms with Gasteiger partial charge in [0.25, 0.3) is 5.89 Å². The van der Waals surface area contributed by atoms with Gasteiger partial charge in [0.2, 0.25) is 0 Å². The highest BCUT2D eigenvalue weighted by Gasteiger charge is 2.15. The molecular weight excluding hydrogens is 369 g/mol. The van der Waals surface area contributed by atoms with E-state index in [0.29, 0.717) is 11.3 Å². The van der Waals surface area contributed by atoms with E-state index in [0.717, 1.165) is 9.83 Å². The average Bonchev–Trinajstić information content (AvgIpc) is 2.67. The van der Waals surface area contributed by atoms with Crippen LogP contribution in [0, 0.1) is 3.57 Å². The van der Waals surface area contributed by atoms with E-state index in [4.69, 9.17) is 10.3 Å². The third-order valence-electron chi connectivity index (χ3n) is 2.11. The number of nitrogens with zero attached hydrogens (tertiary/aromatic N) is 2. The molecule has 0 aliphatic heterocycles. The number of hydrogen-bond acceptors (Lipinski definition) is 6. The van der Waals surface area contributed by atoms with Crippen LogP contribution in [0.4, 0.5) is 5.69 Å². The molecule has 0 radical (unpaired) electrons. The quantitative estimate of drug-likeness (QED) is 0.641. The van der Waals surface area contributed by atoms with Crippen LogP contribution in [0.1, 0.15) is 5.82 Å². The lowest BCUT2D eigenvalue weighted by molar-refractivity contribution is 0.424. The molecule has 1 aromatic carbocycles. The fraction of sp³-hybridized carbons (Fsp3) is 0.200. The van der Waals surface area contributed by atoms with E-state index in [-0.39, 0.29) is 17.5 Å². The molecule has 0 saturated heterocycles. The van der Waals surface area contributed by atoms with E-state index in [1.807, 2.05) is 6.07 Å². The minimum absolute atomic E-state index is 0.130. The summed E-state index contributed by atoms with van der Waals surface area (Å²) < 4.78 is 28.2. The Kier molecular flexibility index (Phi) is 3.57. The molecule has 2 aromatic rings. The Labute approximate surface area is 118 Å². The smallest absolute Gasteiger partial charge is 0.260 e. The number of nitrogen functional groups attached to an aromatic ring is 1. The summed E-state index contributed by atoms with van der Waals surface area (Å²) in [7, 11) is -3.18. The van der Waals surface area contributed by atoms with Crippen LogP contribution in [0.25, 0.3) is 11.5 Å². The molecule has 0 atom stereocenters. The first-order valence-corrected chi connectivity index (χ1v) is 8.05. The molecule has 1 heterocycles. The van der Waals surface area contributed by atoms with Gasteiger partial charge in [0, 0.05) is 15.5 Å². The van der Waals surface area contributed by atoms with Crippen molar-refractivity contribution in [3.63, 3.8) is 0 Å². The Bertz CT molecular complexity index is 681. The lowest BCUT2D eigenvalue weighted by Gasteiger charge is -2.00. The summed E-state index contributed by atoms with van der Waals surface area (Å²) >= 11 is 2.14. The lowest BCUT2D eigenvalue weighted by Crippen LogP contribution is -2.02. The summed E-state index contributed by atoms with van der Waals surface area (Å²) in [6.07, 6.45) is 1.11. The Morgan fingerprint density at radius 2 is 2.17 bits per heavy atom. The maximum absolute atomic E-state index is 11.1. The first-order valence-electron chi connectivity index (χ1n) is 4.91. The zero-order valence-corrected chi connectivity index (χ0v) is 12.4. The maximum Gasteiger partial charge on any atom is 0.260 e. The molecule has 8 heteroatoms. The highest BCUT2D eigenvalue weighted by molar-refractivity contribution is 14.1. The first kappa shape index (κ1) is 13.3. The second-order valence-corrected chi connectivity index (χ2v) is 7.20. The Morgan fingerprint density at radius 3 is 2.83 bits per heavy atom. The fourth-order valence-electron chi connectivity index (χ4n) is 1.37. The van der Waals surface area contributed by atoms with Crippen LogP contribution in [-0.2, 0) is 15.6 Å². The van der Waals surface area contributed by atoms with Crippen molar-refractivity contribution in [2.24, 2.45) is 0 Å². The van der Waals surface area contributed by atoms with Crippen molar-refractivity contribution in [2.75, 3.05) is 12.0 Å². The maximum atomic E-state index is 11.1. The van der Waals surface area contributed by atoms with E-state index in [2.05, 4.69) is 32.7 Å². The largest absolute Gasteiger partial charge is 0.398 e. The third-order valence-corrected chi connectivity index (χ3v) is 3.56. The highest BCUT2D eigenvalue weighted by Crippen LogP contribution is 2.26. The van der Waals surface area contributed by atoms with E-state index in [1.165, 1.54) is 0 Å². The lowest BCUT2D eigenvalue weighted by atomic mass is 10.2. The molecule has 96 valence electrons. The van der Waals surface area contributed by atoms with Crippen LogP contribution >= 0.6 is 22.6 Å². The van der Waals surface area contributed by atoms with Crippen LogP contribution in [-0.4, -0.2) is 24.8 Å². The van der Waals surface area contributed by atoms with Gasteiger partial charge in [0.15, 0.2) is 15.7 Å². The Balaban J connectivity index is 2.38. The van der Waals surface area contributed by atoms with E-state index >= 15 is 0 Å². The molecule has 2 N–H and O–H groups in total. The molecule has 0 aliphatic carbocycles. The first-order chi connectivity index (χ1) is 8.35. The highest BCUT2D eigenvalue weighted by atomic mass is 127. The van der Waals surface area contributed by atoms with Crippen LogP contribution in [0.5, 0.6) is 0 Å². The van der Waals surface area contributed by atoms with Gasteiger partial charge in [-0.3, -0.25) is 0 Å². The second kappa shape index (κ2) is 4.84. The van der Waals surface area contributed by atoms with Crippen LogP contribution < -0.4 is 5.73 Å². The predicted octanol–water partition coefficient (Wildman–Crippen LogP) is 1.47. The number of benzene rings is 1. The summed E-state index contributed by atoms with van der Waals surface area (Å²) in [6, 6.07) is 5.39. The van der Waals surface area contributed by atoms with Crippen LogP contribution in [0.2, 0.25) is 0 Å². The SMILES string of the molecule is CS(=O)(=O)Cc1noc(-c2cc(I)ccc2N)n1. The molecule has 0 unspecified atom stereocenters. The van der Waals surface area contributed by atoms with Crippen molar-refractivity contribution in [1.29, 1.82) is 0 Å². The molecule has 6 nitrogen and oxygen atoms in total. The molecule has 1 aromatic heterocycles. The summed E-state index contributed by atoms with van der Waals surface area (Å²) in [5.41, 5.74) is 6.92. The monoisotopic (exact) mass is 379 g/mol. The van der Waals surface area contributed by atoms with E-state index in [1.54, 1.807) is 12.1 Å². The van der Waals surface area contributed by atoms with Gasteiger partial charge in [-0.15, -0.1) is 0 Å². The number of aromatic nitrogens is 2. The molecule has 18 heavy (non-hydrogen) atoms. The molecule has 0 bridgehead atoms. The Hall–Kier alpha value is -1.16. The molecule has 2 rings (SSSR count). The van der Waals surface area contributed by atoms with E-state index in [9.17, 15) is 8.42 Å². The van der Waals surface area contributed by atoms with Crippen molar-refractivity contribution in [3.05, 3.63) is 27.6 Å². The standard InChI is InChI=1S/C10H10IN3O3S/c1-18(15,16)5-9-13-10(17-14-9)7-4-6(11)2-3-8(7)12/h2-4H,5,12H2,1H3. The fourth-order valence-corrected chi connectivity index (χ4v) is 2.45. The van der Waals surface area contributed by atoms with Gasteiger partial charge < -0.3 is 10.3 Å². The zero-order chi connectivity index (χ0) is 13.3. The summed E-state index contributed by atoms with van der Waals surface area (Å²) in [5, 5.41) is 3.63. The second-order valence-electron chi connectivity index (χ2n) is 3.82. The summed E-state index contributed by atoms with van der Waals surface area (Å²) in [5.74, 6) is 0.107. The minimum atomic E-state index is -3.18. The van der Waals surface area contributed by atoms with Gasteiger partial charge in [-0.25, -0.2) is 8.42 Å². The van der Waals surface area contributed by atoms with Crippen LogP contribution in [0.15, 0.2) is 22.7 Å². The number of hydrogen-bond donors (Lipinski definition) is 1. The number of sulfone groups is 1. The molecule has 0 fully saturated rings. The molecule has 0 saturated carbocycles. The van der Waals surface area contributed by atoms with Crippen LogP contribution in [0.3, 0.4) is 0 Å². The summed E-state index contributed by atoms with van der Waals surface area (Å²) in [4.78, 5) is 4.03. The van der Waals surface area contributed by atoms with Gasteiger partial charge in [0.05, 0.1) is 5.56 Å². The average molecular weight is 379 g/mol. The molecular formula is C10H10IN3O3S. The van der Waals surface area contributed by atoms with Crippen molar-refractivity contribution >= 4 is 38.1 Å². The summed E-state index contributed by atoms with van der Waals surface area (Å²) in [6.45, 7) is 0. The number of nitrogens with two attached hydrogens (primary N) is 1. The third kappa shape index (κ3) is 3.19. The van der Waals surface area contributed by atoms with Crippen molar-refractivity contribution in [3.8, 4) is 11.5 Å².